The number of allylic oxidation sites excluding steroid dienone is 1. The lowest BCUT2D eigenvalue weighted by atomic mass is 10.4. The first kappa shape index (κ1) is 14.6. The average Bonchev–Trinajstić information content (AvgIpc) is 2.77. The molecule has 0 aliphatic carbocycles. The van der Waals surface area contributed by atoms with Crippen LogP contribution in [0.25, 0.3) is 11.2 Å². The molecule has 0 saturated carbocycles. The molecule has 0 aromatic carbocycles. The van der Waals surface area contributed by atoms with E-state index in [0.717, 1.165) is 23.8 Å². The van der Waals surface area contributed by atoms with Crippen LogP contribution >= 0.6 is 11.8 Å². The van der Waals surface area contributed by atoms with Gasteiger partial charge in [-0.2, -0.15) is 0 Å². The third kappa shape index (κ3) is 2.58. The minimum absolute atomic E-state index is 0.403. The molecule has 1 N–H and O–H groups in total. The molecule has 0 atom stereocenters. The predicted molar refractivity (Wildman–Crippen MR) is 81.4 cm³/mol. The Labute approximate surface area is 120 Å². The molecule has 2 aromatic rings. The normalized spacial score (nSPS) is 11.1. The largest absolute Gasteiger partial charge is 0.329 e. The fourth-order valence-corrected chi connectivity index (χ4v) is 3.02. The molecule has 0 fully saturated rings. The second-order valence-corrected chi connectivity index (χ2v) is 5.55. The molecule has 2 aromatic heterocycles. The summed E-state index contributed by atoms with van der Waals surface area (Å²) in [5.74, 6) is 0.933. The number of hydrogen-bond acceptors (Lipinski definition) is 4. The number of nitrogens with zero attached hydrogens (tertiary/aromatic N) is 3. The van der Waals surface area contributed by atoms with Crippen LogP contribution < -0.4 is 11.2 Å². The van der Waals surface area contributed by atoms with E-state index < -0.39 is 11.2 Å². The standard InChI is InChI=1S/C13H18N4O2S/c1-4-6-8-20-13-14-10-9(17(13)7-5-2)11(18)15-12(19)16(10)3/h5H,2,4,6-8H2,1,3H3,(H,15,18,19). The number of thioether (sulfide) groups is 1. The Balaban J connectivity index is 2.63. The van der Waals surface area contributed by atoms with Gasteiger partial charge >= 0.3 is 5.69 Å². The van der Waals surface area contributed by atoms with Crippen molar-refractivity contribution in [2.75, 3.05) is 5.75 Å². The van der Waals surface area contributed by atoms with E-state index in [1.54, 1.807) is 29.5 Å². The highest BCUT2D eigenvalue weighted by Gasteiger charge is 2.16. The fraction of sp³-hybridized carbons (Fsp3) is 0.462. The second-order valence-electron chi connectivity index (χ2n) is 4.49. The molecule has 6 nitrogen and oxygen atoms in total. The summed E-state index contributed by atoms with van der Waals surface area (Å²) in [6, 6.07) is 0. The Morgan fingerprint density at radius 2 is 2.20 bits per heavy atom. The molecule has 0 aliphatic heterocycles. The van der Waals surface area contributed by atoms with E-state index >= 15 is 0 Å². The summed E-state index contributed by atoms with van der Waals surface area (Å²) in [4.78, 5) is 30.4. The van der Waals surface area contributed by atoms with Gasteiger partial charge in [0.1, 0.15) is 0 Å². The number of fused-ring (bicyclic) bond motifs is 1. The molecule has 2 heterocycles. The first-order valence-electron chi connectivity index (χ1n) is 6.53. The van der Waals surface area contributed by atoms with E-state index in [1.165, 1.54) is 4.57 Å². The summed E-state index contributed by atoms with van der Waals surface area (Å²) in [5, 5.41) is 0.750. The SMILES string of the molecule is C=CCn1c(SCCCC)nc2c1c(=O)[nH]c(=O)n2C. The highest BCUT2D eigenvalue weighted by molar-refractivity contribution is 7.99. The number of aryl methyl sites for hydroxylation is 1. The fourth-order valence-electron chi connectivity index (χ4n) is 1.93. The van der Waals surface area contributed by atoms with Crippen LogP contribution in [0, 0.1) is 0 Å². The molecule has 0 radical (unpaired) electrons. The van der Waals surface area contributed by atoms with Gasteiger partial charge in [-0.3, -0.25) is 14.3 Å². The maximum Gasteiger partial charge on any atom is 0.329 e. The van der Waals surface area contributed by atoms with E-state index in [1.807, 2.05) is 0 Å². The maximum atomic E-state index is 12.0. The van der Waals surface area contributed by atoms with E-state index in [9.17, 15) is 9.59 Å². The van der Waals surface area contributed by atoms with Crippen molar-refractivity contribution < 1.29 is 0 Å². The molecule has 108 valence electrons. The van der Waals surface area contributed by atoms with Crippen molar-refractivity contribution in [1.82, 2.24) is 19.1 Å². The van der Waals surface area contributed by atoms with E-state index in [2.05, 4.69) is 23.5 Å². The number of aromatic nitrogens is 4. The van der Waals surface area contributed by atoms with Gasteiger partial charge in [0.05, 0.1) is 0 Å². The van der Waals surface area contributed by atoms with Crippen LogP contribution in [0.2, 0.25) is 0 Å². The van der Waals surface area contributed by atoms with Crippen molar-refractivity contribution in [2.45, 2.75) is 31.5 Å². The van der Waals surface area contributed by atoms with Gasteiger partial charge in [-0.25, -0.2) is 9.78 Å². The zero-order valence-electron chi connectivity index (χ0n) is 11.7. The lowest BCUT2D eigenvalue weighted by Gasteiger charge is -2.04. The predicted octanol–water partition coefficient (Wildman–Crippen LogP) is 1.50. The van der Waals surface area contributed by atoms with Crippen molar-refractivity contribution in [3.63, 3.8) is 0 Å². The van der Waals surface area contributed by atoms with E-state index in [-0.39, 0.29) is 0 Å². The van der Waals surface area contributed by atoms with Crippen LogP contribution in [-0.4, -0.2) is 24.9 Å². The monoisotopic (exact) mass is 294 g/mol. The molecule has 7 heteroatoms. The lowest BCUT2D eigenvalue weighted by molar-refractivity contribution is 0.743. The Kier molecular flexibility index (Phi) is 4.49. The molecule has 0 spiro atoms. The van der Waals surface area contributed by atoms with Gasteiger partial charge in [0.15, 0.2) is 16.3 Å². The highest BCUT2D eigenvalue weighted by Crippen LogP contribution is 2.22. The zero-order valence-corrected chi connectivity index (χ0v) is 12.5. The van der Waals surface area contributed by atoms with Gasteiger partial charge in [0.2, 0.25) is 0 Å². The van der Waals surface area contributed by atoms with Crippen LogP contribution in [0.3, 0.4) is 0 Å². The summed E-state index contributed by atoms with van der Waals surface area (Å²) >= 11 is 1.60. The quantitative estimate of drug-likeness (QED) is 0.498. The number of H-pyrrole nitrogens is 1. The number of imidazole rings is 1. The molecule has 2 rings (SSSR count). The number of aromatic amines is 1. The molecule has 0 saturated heterocycles. The summed E-state index contributed by atoms with van der Waals surface area (Å²) in [6.45, 7) is 6.33. The number of rotatable bonds is 6. The molecule has 0 bridgehead atoms. The number of unbranched alkanes of at least 4 members (excludes halogenated alkanes) is 1. The molecular weight excluding hydrogens is 276 g/mol. The van der Waals surface area contributed by atoms with E-state index in [0.29, 0.717) is 17.7 Å². The van der Waals surface area contributed by atoms with E-state index in [4.69, 9.17) is 0 Å². The minimum atomic E-state index is -0.448. The molecule has 0 amide bonds. The Morgan fingerprint density at radius 3 is 2.85 bits per heavy atom. The number of hydrogen-bond donors (Lipinski definition) is 1. The van der Waals surface area contributed by atoms with Crippen molar-refractivity contribution in [1.29, 1.82) is 0 Å². The average molecular weight is 294 g/mol. The van der Waals surface area contributed by atoms with Crippen LogP contribution in [0.1, 0.15) is 19.8 Å². The van der Waals surface area contributed by atoms with Gasteiger partial charge in [-0.1, -0.05) is 31.2 Å². The highest BCUT2D eigenvalue weighted by atomic mass is 32.2. The maximum absolute atomic E-state index is 12.0. The Hall–Kier alpha value is -1.76. The summed E-state index contributed by atoms with van der Waals surface area (Å²) in [7, 11) is 1.60. The van der Waals surface area contributed by atoms with Gasteiger partial charge in [0.25, 0.3) is 5.56 Å². The first-order chi connectivity index (χ1) is 9.60. The van der Waals surface area contributed by atoms with Gasteiger partial charge < -0.3 is 4.57 Å². The molecule has 0 aliphatic rings. The van der Waals surface area contributed by atoms with Crippen molar-refractivity contribution in [3.8, 4) is 0 Å². The van der Waals surface area contributed by atoms with Crippen molar-refractivity contribution in [3.05, 3.63) is 33.5 Å². The molecule has 0 unspecified atom stereocenters. The Bertz CT molecular complexity index is 741. The van der Waals surface area contributed by atoms with Gasteiger partial charge in [-0.05, 0) is 6.42 Å². The van der Waals surface area contributed by atoms with Crippen LogP contribution in [0.5, 0.6) is 0 Å². The summed E-state index contributed by atoms with van der Waals surface area (Å²) in [6.07, 6.45) is 3.90. The van der Waals surface area contributed by atoms with Crippen LogP contribution in [-0.2, 0) is 13.6 Å². The topological polar surface area (TPSA) is 72.7 Å². The van der Waals surface area contributed by atoms with Crippen LogP contribution in [0.15, 0.2) is 27.4 Å². The molecule has 20 heavy (non-hydrogen) atoms. The third-order valence-corrected chi connectivity index (χ3v) is 4.08. The molecular formula is C13H18N4O2S. The van der Waals surface area contributed by atoms with Crippen molar-refractivity contribution in [2.24, 2.45) is 7.05 Å². The van der Waals surface area contributed by atoms with Crippen LogP contribution in [0.4, 0.5) is 0 Å². The van der Waals surface area contributed by atoms with Gasteiger partial charge in [0, 0.05) is 19.3 Å². The first-order valence-corrected chi connectivity index (χ1v) is 7.52. The second kappa shape index (κ2) is 6.13. The zero-order chi connectivity index (χ0) is 14.7. The smallest absolute Gasteiger partial charge is 0.309 e. The number of nitrogens with one attached hydrogen (secondary N) is 1. The van der Waals surface area contributed by atoms with Gasteiger partial charge in [-0.15, -0.1) is 6.58 Å². The van der Waals surface area contributed by atoms with Crippen molar-refractivity contribution >= 4 is 22.9 Å². The summed E-state index contributed by atoms with van der Waals surface area (Å²) in [5.41, 5.74) is -0.0127. The Morgan fingerprint density at radius 1 is 1.45 bits per heavy atom. The summed E-state index contributed by atoms with van der Waals surface area (Å²) < 4.78 is 3.17. The lowest BCUT2D eigenvalue weighted by Crippen LogP contribution is -2.29. The third-order valence-electron chi connectivity index (χ3n) is 3.01. The minimum Gasteiger partial charge on any atom is -0.309 e.